The fourth-order valence-corrected chi connectivity index (χ4v) is 3.98. The van der Waals surface area contributed by atoms with Crippen molar-refractivity contribution in [1.29, 1.82) is 0 Å². The number of benzene rings is 1. The van der Waals surface area contributed by atoms with E-state index in [1.807, 2.05) is 59.3 Å². The number of nitrogens with two attached hydrogens (primary N) is 1. The van der Waals surface area contributed by atoms with Crippen LogP contribution in [-0.2, 0) is 22.6 Å². The molecule has 0 spiro atoms. The number of aryl methyl sites for hydroxylation is 1. The van der Waals surface area contributed by atoms with E-state index in [0.717, 1.165) is 29.6 Å². The molecule has 7 nitrogen and oxygen atoms in total. The number of carbonyl (C=O) groups excluding carboxylic acids is 2. The summed E-state index contributed by atoms with van der Waals surface area (Å²) in [6.45, 7) is 0.989. The predicted octanol–water partition coefficient (Wildman–Crippen LogP) is 1.90. The van der Waals surface area contributed by atoms with Gasteiger partial charge < -0.3 is 20.4 Å². The summed E-state index contributed by atoms with van der Waals surface area (Å²) in [6.07, 6.45) is 8.35. The van der Waals surface area contributed by atoms with Crippen LogP contribution in [0.25, 0.3) is 5.65 Å². The minimum absolute atomic E-state index is 0.123. The molecule has 2 atom stereocenters. The van der Waals surface area contributed by atoms with Gasteiger partial charge in [-0.3, -0.25) is 9.59 Å². The molecule has 1 aliphatic rings. The maximum Gasteiger partial charge on any atom is 0.243 e. The zero-order chi connectivity index (χ0) is 20.9. The first-order valence-electron chi connectivity index (χ1n) is 10.4. The van der Waals surface area contributed by atoms with E-state index in [1.165, 1.54) is 0 Å². The van der Waals surface area contributed by atoms with E-state index < -0.39 is 12.1 Å². The highest BCUT2D eigenvalue weighted by Crippen LogP contribution is 2.19. The molecule has 2 amide bonds. The average Bonchev–Trinajstić information content (AvgIpc) is 3.45. The third kappa shape index (κ3) is 4.52. The Morgan fingerprint density at radius 1 is 1.17 bits per heavy atom. The molecule has 1 fully saturated rings. The van der Waals surface area contributed by atoms with Gasteiger partial charge in [-0.15, -0.1) is 0 Å². The maximum atomic E-state index is 12.9. The summed E-state index contributed by atoms with van der Waals surface area (Å²) in [4.78, 5) is 31.5. The number of amides is 2. The summed E-state index contributed by atoms with van der Waals surface area (Å²) in [5.74, 6) is -0.259. The lowest BCUT2D eigenvalue weighted by atomic mass is 10.0. The first-order valence-corrected chi connectivity index (χ1v) is 10.4. The van der Waals surface area contributed by atoms with Crippen molar-refractivity contribution in [3.05, 3.63) is 72.2 Å². The Balaban J connectivity index is 1.32. The van der Waals surface area contributed by atoms with E-state index in [0.29, 0.717) is 25.9 Å². The number of pyridine rings is 1. The quantitative estimate of drug-likeness (QED) is 0.628. The molecule has 156 valence electrons. The van der Waals surface area contributed by atoms with Gasteiger partial charge in [0.05, 0.1) is 6.04 Å². The number of nitrogens with one attached hydrogen (secondary N) is 1. The number of likely N-dealkylation sites (tertiary alicyclic amines) is 1. The number of hydrogen-bond acceptors (Lipinski definition) is 4. The molecule has 2 unspecified atom stereocenters. The van der Waals surface area contributed by atoms with E-state index >= 15 is 0 Å². The van der Waals surface area contributed by atoms with E-state index in [4.69, 9.17) is 5.73 Å². The minimum Gasteiger partial charge on any atom is -0.350 e. The minimum atomic E-state index is -0.595. The van der Waals surface area contributed by atoms with Gasteiger partial charge in [0, 0.05) is 31.7 Å². The second-order valence-corrected chi connectivity index (χ2v) is 7.77. The predicted molar refractivity (Wildman–Crippen MR) is 115 cm³/mol. The number of hydrogen-bond donors (Lipinski definition) is 2. The number of nitrogens with zero attached hydrogens (tertiary/aromatic N) is 3. The molecule has 3 aromatic rings. The normalized spacial score (nSPS) is 17.2. The number of rotatable bonds is 7. The molecule has 1 aromatic carbocycles. The largest absolute Gasteiger partial charge is 0.350 e. The Bertz CT molecular complexity index is 1020. The second kappa shape index (κ2) is 9.09. The van der Waals surface area contributed by atoms with Gasteiger partial charge in [-0.05, 0) is 42.9 Å². The smallest absolute Gasteiger partial charge is 0.243 e. The van der Waals surface area contributed by atoms with Crippen LogP contribution in [0.4, 0.5) is 0 Å². The lowest BCUT2D eigenvalue weighted by Gasteiger charge is -2.26. The summed E-state index contributed by atoms with van der Waals surface area (Å²) in [5.41, 5.74) is 9.18. The van der Waals surface area contributed by atoms with E-state index in [-0.39, 0.29) is 11.8 Å². The van der Waals surface area contributed by atoms with Crippen LogP contribution >= 0.6 is 0 Å². The summed E-state index contributed by atoms with van der Waals surface area (Å²) in [7, 11) is 0. The fraction of sp³-hybridized carbons (Fsp3) is 0.348. The Kier molecular flexibility index (Phi) is 6.09. The molecule has 3 N–H and O–H groups in total. The third-order valence-electron chi connectivity index (χ3n) is 5.66. The molecular formula is C23H27N5O2. The summed E-state index contributed by atoms with van der Waals surface area (Å²) in [6, 6.07) is 12.8. The lowest BCUT2D eigenvalue weighted by Crippen LogP contribution is -2.51. The first kappa shape index (κ1) is 20.1. The van der Waals surface area contributed by atoms with Crippen LogP contribution in [0.2, 0.25) is 0 Å². The van der Waals surface area contributed by atoms with Gasteiger partial charge in [-0.2, -0.15) is 0 Å². The Morgan fingerprint density at radius 2 is 2.00 bits per heavy atom. The third-order valence-corrected chi connectivity index (χ3v) is 5.66. The van der Waals surface area contributed by atoms with Crippen molar-refractivity contribution in [2.45, 2.75) is 44.3 Å². The summed E-state index contributed by atoms with van der Waals surface area (Å²) < 4.78 is 1.92. The lowest BCUT2D eigenvalue weighted by molar-refractivity contribution is -0.139. The molecule has 0 bridgehead atoms. The van der Waals surface area contributed by atoms with Gasteiger partial charge >= 0.3 is 0 Å². The summed E-state index contributed by atoms with van der Waals surface area (Å²) in [5, 5.41) is 2.97. The van der Waals surface area contributed by atoms with Gasteiger partial charge in [0.15, 0.2) is 0 Å². The fourth-order valence-electron chi connectivity index (χ4n) is 3.98. The van der Waals surface area contributed by atoms with Crippen molar-refractivity contribution in [3.8, 4) is 0 Å². The van der Waals surface area contributed by atoms with Crippen LogP contribution in [0.3, 0.4) is 0 Å². The molecule has 0 radical (unpaired) electrons. The van der Waals surface area contributed by atoms with Gasteiger partial charge in [0.1, 0.15) is 11.7 Å². The van der Waals surface area contributed by atoms with Crippen LogP contribution in [0.5, 0.6) is 0 Å². The van der Waals surface area contributed by atoms with Crippen LogP contribution < -0.4 is 11.1 Å². The Morgan fingerprint density at radius 3 is 2.83 bits per heavy atom. The zero-order valence-electron chi connectivity index (χ0n) is 16.9. The molecule has 0 saturated carbocycles. The Hall–Kier alpha value is -3.19. The monoisotopic (exact) mass is 405 g/mol. The molecule has 3 heterocycles. The SMILES string of the molecule is NC(CCc1ccccc1)C(=O)N1CCCC1C(=O)NCc1ccc2nccn2c1. The van der Waals surface area contributed by atoms with Crippen LogP contribution in [0.15, 0.2) is 61.1 Å². The number of aromatic nitrogens is 2. The highest BCUT2D eigenvalue weighted by molar-refractivity contribution is 5.90. The van der Waals surface area contributed by atoms with E-state index in [2.05, 4.69) is 10.3 Å². The first-order chi connectivity index (χ1) is 14.6. The molecule has 2 aromatic heterocycles. The molecule has 7 heteroatoms. The van der Waals surface area contributed by atoms with Gasteiger partial charge in [-0.1, -0.05) is 36.4 Å². The molecule has 1 aliphatic heterocycles. The van der Waals surface area contributed by atoms with Crippen molar-refractivity contribution in [3.63, 3.8) is 0 Å². The van der Waals surface area contributed by atoms with Crippen molar-refractivity contribution in [1.82, 2.24) is 19.6 Å². The zero-order valence-corrected chi connectivity index (χ0v) is 16.9. The van der Waals surface area contributed by atoms with Crippen LogP contribution in [0.1, 0.15) is 30.4 Å². The standard InChI is InChI=1S/C23H27N5O2/c24-19(10-8-17-5-2-1-3-6-17)23(30)28-13-4-7-20(28)22(29)26-15-18-9-11-21-25-12-14-27(21)16-18/h1-3,5-6,9,11-12,14,16,19-20H,4,7-8,10,13,15,24H2,(H,26,29). The topological polar surface area (TPSA) is 92.7 Å². The number of imidazole rings is 1. The van der Waals surface area contributed by atoms with Crippen molar-refractivity contribution in [2.24, 2.45) is 5.73 Å². The number of fused-ring (bicyclic) bond motifs is 1. The summed E-state index contributed by atoms with van der Waals surface area (Å²) >= 11 is 0. The van der Waals surface area contributed by atoms with Crippen molar-refractivity contribution >= 4 is 17.5 Å². The molecule has 4 rings (SSSR count). The molecular weight excluding hydrogens is 378 g/mol. The van der Waals surface area contributed by atoms with E-state index in [9.17, 15) is 9.59 Å². The molecule has 0 aliphatic carbocycles. The van der Waals surface area contributed by atoms with Gasteiger partial charge in [-0.25, -0.2) is 4.98 Å². The van der Waals surface area contributed by atoms with Gasteiger partial charge in [0.2, 0.25) is 11.8 Å². The Labute approximate surface area is 175 Å². The van der Waals surface area contributed by atoms with Crippen molar-refractivity contribution in [2.75, 3.05) is 6.54 Å². The number of carbonyl (C=O) groups is 2. The van der Waals surface area contributed by atoms with Crippen LogP contribution in [-0.4, -0.2) is 44.7 Å². The van der Waals surface area contributed by atoms with E-state index in [1.54, 1.807) is 11.1 Å². The molecule has 1 saturated heterocycles. The highest BCUT2D eigenvalue weighted by Gasteiger charge is 2.35. The van der Waals surface area contributed by atoms with Crippen LogP contribution in [0, 0.1) is 0 Å². The van der Waals surface area contributed by atoms with Crippen molar-refractivity contribution < 1.29 is 9.59 Å². The highest BCUT2D eigenvalue weighted by atomic mass is 16.2. The molecule has 30 heavy (non-hydrogen) atoms. The maximum absolute atomic E-state index is 12.9. The van der Waals surface area contributed by atoms with Gasteiger partial charge in [0.25, 0.3) is 0 Å². The second-order valence-electron chi connectivity index (χ2n) is 7.77. The average molecular weight is 406 g/mol.